The van der Waals surface area contributed by atoms with E-state index in [1.54, 1.807) is 0 Å². The van der Waals surface area contributed by atoms with E-state index >= 15 is 0 Å². The minimum absolute atomic E-state index is 0.0486. The molecule has 6 nitrogen and oxygen atoms in total. The molecule has 0 unspecified atom stereocenters. The maximum atomic E-state index is 13.2. The van der Waals surface area contributed by atoms with Crippen molar-refractivity contribution in [3.63, 3.8) is 0 Å². The number of rotatable bonds is 4. The minimum atomic E-state index is -0.400. The zero-order chi connectivity index (χ0) is 19.2. The Morgan fingerprint density at radius 3 is 2.56 bits per heavy atom. The topological polar surface area (TPSA) is 76.4 Å². The van der Waals surface area contributed by atoms with Crippen molar-refractivity contribution in [1.29, 1.82) is 5.26 Å². The van der Waals surface area contributed by atoms with Crippen LogP contribution in [0.25, 0.3) is 0 Å². The van der Waals surface area contributed by atoms with Gasteiger partial charge in [-0.25, -0.2) is 0 Å². The van der Waals surface area contributed by atoms with E-state index in [1.807, 2.05) is 29.2 Å². The van der Waals surface area contributed by atoms with Gasteiger partial charge in [0.15, 0.2) is 0 Å². The lowest BCUT2D eigenvalue weighted by Crippen LogP contribution is -2.52. The summed E-state index contributed by atoms with van der Waals surface area (Å²) in [5, 5.41) is 12.3. The zero-order valence-corrected chi connectivity index (χ0v) is 16.0. The van der Waals surface area contributed by atoms with Crippen LogP contribution in [-0.4, -0.2) is 48.9 Å². The molecule has 0 radical (unpaired) electrons. The second kappa shape index (κ2) is 8.90. The third kappa shape index (κ3) is 4.60. The van der Waals surface area contributed by atoms with E-state index in [0.29, 0.717) is 25.2 Å². The smallest absolute Gasteiger partial charge is 0.245 e. The first-order chi connectivity index (χ1) is 13.1. The standard InChI is InChI=1S/C21H28N4O2/c1-16(26)23-20(17-7-2-3-8-17)21(27)25-12-6-11-24(13-14-25)19-10-5-4-9-18(19)15-22/h4-5,9-10,17,20H,2-3,6-8,11-14H2,1H3,(H,23,26)/t20-/m0/s1. The van der Waals surface area contributed by atoms with Crippen molar-refractivity contribution in [1.82, 2.24) is 10.2 Å². The summed E-state index contributed by atoms with van der Waals surface area (Å²) in [5.74, 6) is 0.159. The molecule has 2 amide bonds. The van der Waals surface area contributed by atoms with E-state index in [9.17, 15) is 14.9 Å². The Labute approximate surface area is 161 Å². The van der Waals surface area contributed by atoms with E-state index in [1.165, 1.54) is 6.92 Å². The molecule has 1 N–H and O–H groups in total. The summed E-state index contributed by atoms with van der Waals surface area (Å²) < 4.78 is 0. The van der Waals surface area contributed by atoms with Crippen LogP contribution in [0.1, 0.15) is 44.6 Å². The van der Waals surface area contributed by atoms with Crippen LogP contribution < -0.4 is 10.2 Å². The summed E-state index contributed by atoms with van der Waals surface area (Å²) in [6.45, 7) is 4.30. The number of anilines is 1. The second-order valence-electron chi connectivity index (χ2n) is 7.52. The van der Waals surface area contributed by atoms with E-state index in [4.69, 9.17) is 0 Å². The van der Waals surface area contributed by atoms with Crippen molar-refractivity contribution in [3.05, 3.63) is 29.8 Å². The molecule has 144 valence electrons. The molecule has 3 rings (SSSR count). The van der Waals surface area contributed by atoms with Crippen LogP contribution in [0, 0.1) is 17.2 Å². The lowest BCUT2D eigenvalue weighted by Gasteiger charge is -2.30. The molecular formula is C21H28N4O2. The largest absolute Gasteiger partial charge is 0.369 e. The molecule has 0 aromatic heterocycles. The molecule has 2 fully saturated rings. The molecule has 0 bridgehead atoms. The lowest BCUT2D eigenvalue weighted by atomic mass is 9.96. The first-order valence-electron chi connectivity index (χ1n) is 9.90. The molecule has 1 saturated carbocycles. The van der Waals surface area contributed by atoms with Gasteiger partial charge in [-0.2, -0.15) is 5.26 Å². The lowest BCUT2D eigenvalue weighted by molar-refractivity contribution is -0.137. The summed E-state index contributed by atoms with van der Waals surface area (Å²) in [6, 6.07) is 9.46. The van der Waals surface area contributed by atoms with E-state index in [2.05, 4.69) is 16.3 Å². The van der Waals surface area contributed by atoms with Crippen molar-refractivity contribution >= 4 is 17.5 Å². The van der Waals surface area contributed by atoms with Gasteiger partial charge in [-0.3, -0.25) is 9.59 Å². The molecule has 2 aliphatic rings. The fourth-order valence-corrected chi connectivity index (χ4v) is 4.31. The average molecular weight is 368 g/mol. The Morgan fingerprint density at radius 2 is 1.85 bits per heavy atom. The van der Waals surface area contributed by atoms with Crippen LogP contribution in [-0.2, 0) is 9.59 Å². The maximum Gasteiger partial charge on any atom is 0.245 e. The number of carbonyl (C=O) groups excluding carboxylic acids is 2. The van der Waals surface area contributed by atoms with Crippen LogP contribution in [0.15, 0.2) is 24.3 Å². The number of nitrogens with one attached hydrogen (secondary N) is 1. The number of benzene rings is 1. The molecule has 1 heterocycles. The maximum absolute atomic E-state index is 13.2. The van der Waals surface area contributed by atoms with Gasteiger partial charge in [0.05, 0.1) is 11.3 Å². The highest BCUT2D eigenvalue weighted by molar-refractivity contribution is 5.87. The molecule has 6 heteroatoms. The van der Waals surface area contributed by atoms with Gasteiger partial charge in [-0.15, -0.1) is 0 Å². The average Bonchev–Trinajstić information content (AvgIpc) is 3.09. The quantitative estimate of drug-likeness (QED) is 0.885. The highest BCUT2D eigenvalue weighted by Crippen LogP contribution is 2.29. The number of hydrogen-bond donors (Lipinski definition) is 1. The number of amides is 2. The van der Waals surface area contributed by atoms with Crippen molar-refractivity contribution in [2.45, 2.75) is 45.1 Å². The third-order valence-corrected chi connectivity index (χ3v) is 5.67. The first kappa shape index (κ1) is 19.2. The van der Waals surface area contributed by atoms with Gasteiger partial charge in [-0.1, -0.05) is 25.0 Å². The number of para-hydroxylation sites is 1. The summed E-state index contributed by atoms with van der Waals surface area (Å²) in [5.41, 5.74) is 1.60. The predicted molar refractivity (Wildman–Crippen MR) is 104 cm³/mol. The Morgan fingerprint density at radius 1 is 1.11 bits per heavy atom. The highest BCUT2D eigenvalue weighted by atomic mass is 16.2. The van der Waals surface area contributed by atoms with E-state index in [-0.39, 0.29) is 17.7 Å². The predicted octanol–water partition coefficient (Wildman–Crippen LogP) is 2.29. The SMILES string of the molecule is CC(=O)N[C@H](C(=O)N1CCCN(c2ccccc2C#N)CC1)C1CCCC1. The van der Waals surface area contributed by atoms with Gasteiger partial charge in [0.25, 0.3) is 0 Å². The van der Waals surface area contributed by atoms with Gasteiger partial charge in [0, 0.05) is 33.1 Å². The molecule has 27 heavy (non-hydrogen) atoms. The summed E-state index contributed by atoms with van der Waals surface area (Å²) in [4.78, 5) is 28.9. The number of nitriles is 1. The van der Waals surface area contributed by atoms with Gasteiger partial charge >= 0.3 is 0 Å². The summed E-state index contributed by atoms with van der Waals surface area (Å²) in [7, 11) is 0. The molecule has 1 aromatic rings. The zero-order valence-electron chi connectivity index (χ0n) is 16.0. The molecule has 1 saturated heterocycles. The van der Waals surface area contributed by atoms with Crippen molar-refractivity contribution < 1.29 is 9.59 Å². The van der Waals surface area contributed by atoms with Crippen LogP contribution in [0.3, 0.4) is 0 Å². The fourth-order valence-electron chi connectivity index (χ4n) is 4.31. The first-order valence-corrected chi connectivity index (χ1v) is 9.90. The Bertz CT molecular complexity index is 721. The Balaban J connectivity index is 1.69. The molecule has 0 spiro atoms. The number of hydrogen-bond acceptors (Lipinski definition) is 4. The van der Waals surface area contributed by atoms with Crippen LogP contribution in [0.2, 0.25) is 0 Å². The normalized spacial score (nSPS) is 19.3. The van der Waals surface area contributed by atoms with Crippen molar-refractivity contribution in [2.75, 3.05) is 31.1 Å². The Hall–Kier alpha value is -2.55. The molecule has 1 aromatic carbocycles. The van der Waals surface area contributed by atoms with Gasteiger partial charge in [-0.05, 0) is 37.3 Å². The van der Waals surface area contributed by atoms with Gasteiger partial charge in [0.1, 0.15) is 12.1 Å². The Kier molecular flexibility index (Phi) is 6.33. The van der Waals surface area contributed by atoms with Crippen LogP contribution >= 0.6 is 0 Å². The van der Waals surface area contributed by atoms with Crippen molar-refractivity contribution in [2.24, 2.45) is 5.92 Å². The van der Waals surface area contributed by atoms with Crippen LogP contribution in [0.5, 0.6) is 0 Å². The van der Waals surface area contributed by atoms with Crippen LogP contribution in [0.4, 0.5) is 5.69 Å². The molecule has 1 aliphatic carbocycles. The van der Waals surface area contributed by atoms with E-state index < -0.39 is 6.04 Å². The van der Waals surface area contributed by atoms with E-state index in [0.717, 1.165) is 44.3 Å². The molecule has 1 atom stereocenters. The van der Waals surface area contributed by atoms with Gasteiger partial charge < -0.3 is 15.1 Å². The fraction of sp³-hybridized carbons (Fsp3) is 0.571. The summed E-state index contributed by atoms with van der Waals surface area (Å²) in [6.07, 6.45) is 5.13. The van der Waals surface area contributed by atoms with Crippen molar-refractivity contribution in [3.8, 4) is 6.07 Å². The number of carbonyl (C=O) groups is 2. The van der Waals surface area contributed by atoms with Gasteiger partial charge in [0.2, 0.25) is 11.8 Å². The summed E-state index contributed by atoms with van der Waals surface area (Å²) >= 11 is 0. The third-order valence-electron chi connectivity index (χ3n) is 5.67. The monoisotopic (exact) mass is 368 g/mol. The second-order valence-corrected chi connectivity index (χ2v) is 7.52. The highest BCUT2D eigenvalue weighted by Gasteiger charge is 2.34. The molecular weight excluding hydrogens is 340 g/mol. The molecule has 1 aliphatic heterocycles. The minimum Gasteiger partial charge on any atom is -0.369 e. The number of nitrogens with zero attached hydrogens (tertiary/aromatic N) is 3.